The minimum atomic E-state index is -0.516. The van der Waals surface area contributed by atoms with E-state index in [1.54, 1.807) is 0 Å². The minimum absolute atomic E-state index is 0.0355. The smallest absolute Gasteiger partial charge is 0.223 e. The monoisotopic (exact) mass is 491 g/mol. The van der Waals surface area contributed by atoms with Crippen molar-refractivity contribution < 1.29 is 19.4 Å². The first-order valence-corrected chi connectivity index (χ1v) is 14.4. The van der Waals surface area contributed by atoms with Crippen LogP contribution in [-0.4, -0.2) is 73.4 Å². The van der Waals surface area contributed by atoms with Crippen LogP contribution in [0.25, 0.3) is 0 Å². The molecule has 1 aliphatic heterocycles. The molecule has 0 aromatic heterocycles. The van der Waals surface area contributed by atoms with Crippen LogP contribution in [0.15, 0.2) is 0 Å². The third-order valence-electron chi connectivity index (χ3n) is 10.1. The number of nitrogens with one attached hydrogen (secondary N) is 2. The Hall–Kier alpha value is -1.18. The number of aliphatic hydroxyl groups excluding tert-OH is 1. The molecule has 3 saturated carbocycles. The SMILES string of the molecule is C[C@H]1[C@@H]2[C@@H](O)C([C@H](C)C(=O)NCCN3CCOCC3)CC[C@@]2(C)CC[C@@H]1NC(=O)C1CCCCC1. The highest BCUT2D eigenvalue weighted by molar-refractivity contribution is 5.79. The summed E-state index contributed by atoms with van der Waals surface area (Å²) in [5.74, 6) is 0.493. The first-order valence-electron chi connectivity index (χ1n) is 14.4. The van der Waals surface area contributed by atoms with Gasteiger partial charge in [-0.1, -0.05) is 40.0 Å². The first-order chi connectivity index (χ1) is 16.8. The molecule has 4 rings (SSSR count). The number of amides is 2. The van der Waals surface area contributed by atoms with Gasteiger partial charge in [-0.2, -0.15) is 0 Å². The molecule has 0 aromatic carbocycles. The number of carbonyl (C=O) groups excluding carboxylic acids is 2. The van der Waals surface area contributed by atoms with Crippen LogP contribution < -0.4 is 10.6 Å². The Morgan fingerprint density at radius 1 is 1.09 bits per heavy atom. The molecule has 0 spiro atoms. The summed E-state index contributed by atoms with van der Waals surface area (Å²) in [6.45, 7) is 11.4. The second kappa shape index (κ2) is 11.9. The molecule has 1 unspecified atom stereocenters. The van der Waals surface area contributed by atoms with E-state index >= 15 is 0 Å². The van der Waals surface area contributed by atoms with Gasteiger partial charge in [0, 0.05) is 44.1 Å². The van der Waals surface area contributed by atoms with Crippen molar-refractivity contribution in [2.75, 3.05) is 39.4 Å². The summed E-state index contributed by atoms with van der Waals surface area (Å²) in [6, 6.07) is 0.119. The number of ether oxygens (including phenoxy) is 1. The van der Waals surface area contributed by atoms with Gasteiger partial charge in [0.25, 0.3) is 0 Å². The maximum atomic E-state index is 13.0. The van der Waals surface area contributed by atoms with Crippen LogP contribution >= 0.6 is 0 Å². The van der Waals surface area contributed by atoms with E-state index in [0.29, 0.717) is 6.54 Å². The van der Waals surface area contributed by atoms with Gasteiger partial charge in [-0.05, 0) is 61.7 Å². The highest BCUT2D eigenvalue weighted by atomic mass is 16.5. The Morgan fingerprint density at radius 2 is 1.77 bits per heavy atom. The molecule has 1 heterocycles. The number of nitrogens with zero attached hydrogens (tertiary/aromatic N) is 1. The van der Waals surface area contributed by atoms with Gasteiger partial charge in [-0.15, -0.1) is 0 Å². The normalized spacial score (nSPS) is 37.8. The highest BCUT2D eigenvalue weighted by Crippen LogP contribution is 2.55. The van der Waals surface area contributed by atoms with Crippen molar-refractivity contribution >= 4 is 11.8 Å². The summed E-state index contributed by atoms with van der Waals surface area (Å²) in [5.41, 5.74) is 0.0773. The Balaban J connectivity index is 1.33. The summed E-state index contributed by atoms with van der Waals surface area (Å²) in [5, 5.41) is 18.1. The quantitative estimate of drug-likeness (QED) is 0.509. The van der Waals surface area contributed by atoms with E-state index in [2.05, 4.69) is 29.4 Å². The lowest BCUT2D eigenvalue weighted by Gasteiger charge is -2.56. The van der Waals surface area contributed by atoms with Crippen LogP contribution in [0.5, 0.6) is 0 Å². The number of fused-ring (bicyclic) bond motifs is 1. The number of morpholine rings is 1. The van der Waals surface area contributed by atoms with Gasteiger partial charge in [-0.3, -0.25) is 14.5 Å². The summed E-state index contributed by atoms with van der Waals surface area (Å²) in [4.78, 5) is 28.3. The van der Waals surface area contributed by atoms with Crippen molar-refractivity contribution in [1.29, 1.82) is 0 Å². The molecular formula is C28H49N3O4. The molecule has 7 heteroatoms. The Labute approximate surface area is 212 Å². The van der Waals surface area contributed by atoms with E-state index in [9.17, 15) is 14.7 Å². The van der Waals surface area contributed by atoms with Crippen LogP contribution in [0.4, 0.5) is 0 Å². The van der Waals surface area contributed by atoms with Crippen LogP contribution in [-0.2, 0) is 14.3 Å². The predicted molar refractivity (Wildman–Crippen MR) is 137 cm³/mol. The first kappa shape index (κ1) is 26.9. The van der Waals surface area contributed by atoms with Crippen molar-refractivity contribution in [3.8, 4) is 0 Å². The summed E-state index contributed by atoms with van der Waals surface area (Å²) >= 11 is 0. The van der Waals surface area contributed by atoms with Crippen molar-refractivity contribution in [2.45, 2.75) is 90.7 Å². The molecular weight excluding hydrogens is 442 g/mol. The summed E-state index contributed by atoms with van der Waals surface area (Å²) in [7, 11) is 0. The van der Waals surface area contributed by atoms with E-state index in [4.69, 9.17) is 4.74 Å². The van der Waals surface area contributed by atoms with E-state index in [1.807, 2.05) is 6.92 Å². The van der Waals surface area contributed by atoms with Gasteiger partial charge in [-0.25, -0.2) is 0 Å². The number of aliphatic hydroxyl groups is 1. The van der Waals surface area contributed by atoms with E-state index < -0.39 is 6.10 Å². The molecule has 7 nitrogen and oxygen atoms in total. The maximum Gasteiger partial charge on any atom is 0.223 e. The van der Waals surface area contributed by atoms with Crippen LogP contribution in [0.1, 0.15) is 78.6 Å². The lowest BCUT2D eigenvalue weighted by molar-refractivity contribution is -0.144. The fourth-order valence-electron chi connectivity index (χ4n) is 7.68. The molecule has 2 amide bonds. The van der Waals surface area contributed by atoms with Crippen molar-refractivity contribution in [3.63, 3.8) is 0 Å². The van der Waals surface area contributed by atoms with Gasteiger partial charge >= 0.3 is 0 Å². The molecule has 7 atom stereocenters. The number of hydrogen-bond donors (Lipinski definition) is 3. The molecule has 1 saturated heterocycles. The lowest BCUT2D eigenvalue weighted by atomic mass is 9.51. The van der Waals surface area contributed by atoms with Crippen LogP contribution in [0, 0.1) is 35.0 Å². The molecule has 35 heavy (non-hydrogen) atoms. The topological polar surface area (TPSA) is 90.9 Å². The zero-order chi connectivity index (χ0) is 25.0. The van der Waals surface area contributed by atoms with Crippen molar-refractivity contribution in [1.82, 2.24) is 15.5 Å². The van der Waals surface area contributed by atoms with Gasteiger partial charge < -0.3 is 20.5 Å². The summed E-state index contributed by atoms with van der Waals surface area (Å²) in [6.07, 6.45) is 9.01. The lowest BCUT2D eigenvalue weighted by Crippen LogP contribution is -2.59. The average Bonchev–Trinajstić information content (AvgIpc) is 2.86. The fraction of sp³-hybridized carbons (Fsp3) is 0.929. The van der Waals surface area contributed by atoms with Gasteiger partial charge in [0.1, 0.15) is 0 Å². The second-order valence-electron chi connectivity index (χ2n) is 12.3. The van der Waals surface area contributed by atoms with Crippen LogP contribution in [0.3, 0.4) is 0 Å². The van der Waals surface area contributed by atoms with Crippen molar-refractivity contribution in [2.24, 2.45) is 35.0 Å². The van der Waals surface area contributed by atoms with Crippen LogP contribution in [0.2, 0.25) is 0 Å². The second-order valence-corrected chi connectivity index (χ2v) is 12.3. The Bertz CT molecular complexity index is 721. The molecule has 3 N–H and O–H groups in total. The molecule has 0 radical (unpaired) electrons. The van der Waals surface area contributed by atoms with Gasteiger partial charge in [0.15, 0.2) is 0 Å². The zero-order valence-corrected chi connectivity index (χ0v) is 22.3. The zero-order valence-electron chi connectivity index (χ0n) is 22.3. The Morgan fingerprint density at radius 3 is 2.49 bits per heavy atom. The summed E-state index contributed by atoms with van der Waals surface area (Å²) < 4.78 is 5.40. The standard InChI is InChI=1S/C28H49N3O4/c1-19(26(33)29-13-14-31-15-17-35-18-16-31)22-9-11-28(3)12-10-23(20(2)24(28)25(22)32)30-27(34)21-7-5-4-6-8-21/h19-25,32H,4-18H2,1-3H3,(H,29,33)(H,30,34)/t19-,20+,22?,23-,24+,25-,28-/m0/s1. The number of rotatable bonds is 7. The molecule has 200 valence electrons. The molecule has 0 aromatic rings. The maximum absolute atomic E-state index is 13.0. The van der Waals surface area contributed by atoms with Crippen molar-refractivity contribution in [3.05, 3.63) is 0 Å². The fourth-order valence-corrected chi connectivity index (χ4v) is 7.68. The predicted octanol–water partition coefficient (Wildman–Crippen LogP) is 2.96. The van der Waals surface area contributed by atoms with Gasteiger partial charge in [0.2, 0.25) is 11.8 Å². The Kier molecular flexibility index (Phi) is 9.14. The average molecular weight is 492 g/mol. The number of hydrogen-bond acceptors (Lipinski definition) is 5. The molecule has 4 fully saturated rings. The molecule has 3 aliphatic carbocycles. The third-order valence-corrected chi connectivity index (χ3v) is 10.1. The van der Waals surface area contributed by atoms with E-state index in [-0.39, 0.29) is 52.9 Å². The highest BCUT2D eigenvalue weighted by Gasteiger charge is 2.54. The van der Waals surface area contributed by atoms with E-state index in [1.165, 1.54) is 6.42 Å². The molecule has 0 bridgehead atoms. The largest absolute Gasteiger partial charge is 0.392 e. The van der Waals surface area contributed by atoms with E-state index in [0.717, 1.165) is 84.2 Å². The number of carbonyl (C=O) groups is 2. The molecule has 4 aliphatic rings. The minimum Gasteiger partial charge on any atom is -0.392 e. The third kappa shape index (κ3) is 6.22. The van der Waals surface area contributed by atoms with Gasteiger partial charge in [0.05, 0.1) is 19.3 Å².